The number of hydrogen-bond acceptors (Lipinski definition) is 4. The maximum Gasteiger partial charge on any atom is 0.381 e. The SMILES string of the molecule is Cc1nc([N+](=O)[O-])cn1CC(=O)Nc1ccccc1F. The molecule has 0 aliphatic heterocycles. The molecule has 1 N–H and O–H groups in total. The summed E-state index contributed by atoms with van der Waals surface area (Å²) in [4.78, 5) is 25.4. The first kappa shape index (κ1) is 13.7. The van der Waals surface area contributed by atoms with Crippen LogP contribution in [0.15, 0.2) is 30.5 Å². The van der Waals surface area contributed by atoms with Crippen LogP contribution < -0.4 is 5.32 Å². The van der Waals surface area contributed by atoms with Crippen LogP contribution in [0.2, 0.25) is 0 Å². The number of amides is 1. The maximum absolute atomic E-state index is 13.4. The summed E-state index contributed by atoms with van der Waals surface area (Å²) in [6.07, 6.45) is 1.16. The van der Waals surface area contributed by atoms with Crippen molar-refractivity contribution >= 4 is 17.4 Å². The minimum absolute atomic E-state index is 0.0600. The summed E-state index contributed by atoms with van der Waals surface area (Å²) in [6, 6.07) is 5.75. The number of para-hydroxylation sites is 1. The number of aryl methyl sites for hydroxylation is 1. The molecule has 8 heteroatoms. The lowest BCUT2D eigenvalue weighted by Crippen LogP contribution is -2.19. The lowest BCUT2D eigenvalue weighted by molar-refractivity contribution is -0.389. The molecule has 7 nitrogen and oxygen atoms in total. The lowest BCUT2D eigenvalue weighted by atomic mass is 10.3. The molecule has 20 heavy (non-hydrogen) atoms. The molecule has 1 aromatic heterocycles. The van der Waals surface area contributed by atoms with Crippen LogP contribution in [0.3, 0.4) is 0 Å². The van der Waals surface area contributed by atoms with Gasteiger partial charge in [0.2, 0.25) is 11.7 Å². The van der Waals surface area contributed by atoms with Crippen molar-refractivity contribution in [1.29, 1.82) is 0 Å². The van der Waals surface area contributed by atoms with Gasteiger partial charge in [-0.25, -0.2) is 4.39 Å². The Morgan fingerprint density at radius 1 is 1.50 bits per heavy atom. The standard InChI is InChI=1S/C12H11FN4O3/c1-8-14-11(17(19)20)6-16(8)7-12(18)15-10-5-3-2-4-9(10)13/h2-6H,7H2,1H3,(H,15,18). The Morgan fingerprint density at radius 3 is 2.80 bits per heavy atom. The van der Waals surface area contributed by atoms with Crippen LogP contribution >= 0.6 is 0 Å². The number of aromatic nitrogens is 2. The van der Waals surface area contributed by atoms with Gasteiger partial charge in [-0.2, -0.15) is 0 Å². The van der Waals surface area contributed by atoms with E-state index in [1.54, 1.807) is 13.0 Å². The molecule has 0 atom stereocenters. The highest BCUT2D eigenvalue weighted by atomic mass is 19.1. The van der Waals surface area contributed by atoms with Crippen molar-refractivity contribution in [2.45, 2.75) is 13.5 Å². The summed E-state index contributed by atoms with van der Waals surface area (Å²) in [7, 11) is 0. The first-order valence-corrected chi connectivity index (χ1v) is 5.70. The quantitative estimate of drug-likeness (QED) is 0.683. The van der Waals surface area contributed by atoms with Gasteiger partial charge in [0.15, 0.2) is 0 Å². The second kappa shape index (κ2) is 5.47. The van der Waals surface area contributed by atoms with Crippen LogP contribution in [0, 0.1) is 22.9 Å². The molecule has 2 rings (SSSR count). The number of benzene rings is 1. The number of nitro groups is 1. The zero-order valence-corrected chi connectivity index (χ0v) is 10.5. The normalized spacial score (nSPS) is 10.3. The predicted octanol–water partition coefficient (Wildman–Crippen LogP) is 1.88. The molecule has 0 aliphatic carbocycles. The smallest absolute Gasteiger partial charge is 0.358 e. The molecule has 0 bridgehead atoms. The summed E-state index contributed by atoms with van der Waals surface area (Å²) < 4.78 is 14.7. The molecule has 0 aliphatic rings. The number of carbonyl (C=O) groups is 1. The van der Waals surface area contributed by atoms with Crippen molar-refractivity contribution in [3.8, 4) is 0 Å². The zero-order valence-electron chi connectivity index (χ0n) is 10.5. The van der Waals surface area contributed by atoms with Gasteiger partial charge in [-0.15, -0.1) is 0 Å². The van der Waals surface area contributed by atoms with Crippen LogP contribution in [0.5, 0.6) is 0 Å². The Morgan fingerprint density at radius 2 is 2.20 bits per heavy atom. The summed E-state index contributed by atoms with van der Waals surface area (Å²) in [5, 5.41) is 13.0. The molecular formula is C12H11FN4O3. The molecule has 0 saturated heterocycles. The van der Waals surface area contributed by atoms with E-state index >= 15 is 0 Å². The van der Waals surface area contributed by atoms with E-state index < -0.39 is 16.6 Å². The van der Waals surface area contributed by atoms with Gasteiger partial charge in [0, 0.05) is 6.92 Å². The highest BCUT2D eigenvalue weighted by molar-refractivity contribution is 5.90. The molecule has 1 aromatic carbocycles. The second-order valence-electron chi connectivity index (χ2n) is 4.06. The van der Waals surface area contributed by atoms with Crippen LogP contribution in [-0.4, -0.2) is 20.4 Å². The highest BCUT2D eigenvalue weighted by Gasteiger charge is 2.17. The fourth-order valence-electron chi connectivity index (χ4n) is 1.65. The molecule has 2 aromatic rings. The molecule has 0 saturated carbocycles. The second-order valence-corrected chi connectivity index (χ2v) is 4.06. The molecule has 104 valence electrons. The Labute approximate surface area is 113 Å². The minimum Gasteiger partial charge on any atom is -0.358 e. The van der Waals surface area contributed by atoms with Crippen LogP contribution in [0.1, 0.15) is 5.82 Å². The van der Waals surface area contributed by atoms with E-state index in [-0.39, 0.29) is 18.1 Å². The van der Waals surface area contributed by atoms with Crippen molar-refractivity contribution < 1.29 is 14.1 Å². The van der Waals surface area contributed by atoms with Crippen LogP contribution in [0.25, 0.3) is 0 Å². The third-order valence-electron chi connectivity index (χ3n) is 2.61. The zero-order chi connectivity index (χ0) is 14.7. The van der Waals surface area contributed by atoms with Gasteiger partial charge in [0.1, 0.15) is 18.6 Å². The number of carbonyl (C=O) groups excluding carboxylic acids is 1. The van der Waals surface area contributed by atoms with E-state index in [0.29, 0.717) is 5.82 Å². The van der Waals surface area contributed by atoms with Crippen molar-refractivity contribution in [3.63, 3.8) is 0 Å². The van der Waals surface area contributed by atoms with Gasteiger partial charge in [-0.05, 0) is 22.0 Å². The Bertz CT molecular complexity index is 668. The average Bonchev–Trinajstić information content (AvgIpc) is 2.74. The van der Waals surface area contributed by atoms with E-state index in [2.05, 4.69) is 10.3 Å². The van der Waals surface area contributed by atoms with Crippen LogP contribution in [-0.2, 0) is 11.3 Å². The Hall–Kier alpha value is -2.77. The average molecular weight is 278 g/mol. The molecule has 1 amide bonds. The Balaban J connectivity index is 2.09. The number of nitrogens with one attached hydrogen (secondary N) is 1. The number of halogens is 1. The van der Waals surface area contributed by atoms with Gasteiger partial charge < -0.3 is 15.4 Å². The molecule has 0 unspecified atom stereocenters. The third-order valence-corrected chi connectivity index (χ3v) is 2.61. The Kier molecular flexibility index (Phi) is 3.74. The fraction of sp³-hybridized carbons (Fsp3) is 0.167. The number of hydrogen-bond donors (Lipinski definition) is 1. The molecule has 0 spiro atoms. The number of imidazole rings is 1. The van der Waals surface area contributed by atoms with Gasteiger partial charge in [0.05, 0.1) is 5.69 Å². The summed E-state index contributed by atoms with van der Waals surface area (Å²) in [5.41, 5.74) is 0.0600. The van der Waals surface area contributed by atoms with Gasteiger partial charge >= 0.3 is 5.82 Å². The fourth-order valence-corrected chi connectivity index (χ4v) is 1.65. The third kappa shape index (κ3) is 2.97. The molecule has 0 radical (unpaired) electrons. The van der Waals surface area contributed by atoms with E-state index in [9.17, 15) is 19.3 Å². The lowest BCUT2D eigenvalue weighted by Gasteiger charge is -2.06. The maximum atomic E-state index is 13.4. The van der Waals surface area contributed by atoms with Gasteiger partial charge in [-0.1, -0.05) is 12.1 Å². The highest BCUT2D eigenvalue weighted by Crippen LogP contribution is 2.13. The van der Waals surface area contributed by atoms with E-state index in [1.807, 2.05) is 0 Å². The molecule has 0 fully saturated rings. The minimum atomic E-state index is -0.641. The summed E-state index contributed by atoms with van der Waals surface area (Å²) >= 11 is 0. The van der Waals surface area contributed by atoms with E-state index in [0.717, 1.165) is 6.20 Å². The molecular weight excluding hydrogens is 267 g/mol. The predicted molar refractivity (Wildman–Crippen MR) is 68.6 cm³/mol. The van der Waals surface area contributed by atoms with E-state index in [4.69, 9.17) is 0 Å². The number of anilines is 1. The molecule has 1 heterocycles. The summed E-state index contributed by atoms with van der Waals surface area (Å²) in [5.74, 6) is -1.04. The van der Waals surface area contributed by atoms with Crippen LogP contribution in [0.4, 0.5) is 15.9 Å². The number of nitrogens with zero attached hydrogens (tertiary/aromatic N) is 3. The summed E-state index contributed by atoms with van der Waals surface area (Å²) in [6.45, 7) is 1.37. The largest absolute Gasteiger partial charge is 0.381 e. The van der Waals surface area contributed by atoms with E-state index in [1.165, 1.54) is 22.8 Å². The van der Waals surface area contributed by atoms with Crippen molar-refractivity contribution in [2.75, 3.05) is 5.32 Å². The van der Waals surface area contributed by atoms with Gasteiger partial charge in [0.25, 0.3) is 0 Å². The van der Waals surface area contributed by atoms with Crippen molar-refractivity contribution in [3.05, 3.63) is 52.2 Å². The monoisotopic (exact) mass is 278 g/mol. The van der Waals surface area contributed by atoms with Crippen molar-refractivity contribution in [2.24, 2.45) is 0 Å². The number of rotatable bonds is 4. The topological polar surface area (TPSA) is 90.1 Å². The van der Waals surface area contributed by atoms with Crippen molar-refractivity contribution in [1.82, 2.24) is 9.55 Å². The first-order valence-electron chi connectivity index (χ1n) is 5.70. The first-order chi connectivity index (χ1) is 9.47. The van der Waals surface area contributed by atoms with Gasteiger partial charge in [-0.3, -0.25) is 9.36 Å².